The Morgan fingerprint density at radius 1 is 1.50 bits per heavy atom. The van der Waals surface area contributed by atoms with Gasteiger partial charge in [0.2, 0.25) is 0 Å². The smallest absolute Gasteiger partial charge is 0.150 e. The average molecular weight is 258 g/mol. The van der Waals surface area contributed by atoms with Crippen LogP contribution in [0.4, 0.5) is 0 Å². The number of rotatable bonds is 9. The third-order valence-corrected chi connectivity index (χ3v) is 2.33. The second kappa shape index (κ2) is 8.20. The first-order valence-electron chi connectivity index (χ1n) is 6.03. The van der Waals surface area contributed by atoms with E-state index in [1.165, 1.54) is 0 Å². The van der Waals surface area contributed by atoms with Gasteiger partial charge in [-0.2, -0.15) is 0 Å². The summed E-state index contributed by atoms with van der Waals surface area (Å²) < 4.78 is 15.4. The van der Waals surface area contributed by atoms with Gasteiger partial charge in [-0.05, 0) is 13.8 Å². The summed E-state index contributed by atoms with van der Waals surface area (Å²) in [6.45, 7) is 5.57. The summed E-state index contributed by atoms with van der Waals surface area (Å²) in [7, 11) is 1.62. The predicted octanol–water partition coefficient (Wildman–Crippen LogP) is 0.485. The van der Waals surface area contributed by atoms with Crippen molar-refractivity contribution in [2.75, 3.05) is 26.9 Å². The number of hydrogen-bond acceptors (Lipinski definition) is 6. The molecule has 6 heteroatoms. The molecule has 0 aliphatic rings. The second-order valence-corrected chi connectivity index (χ2v) is 4.32. The number of aromatic nitrogens is 1. The molecule has 0 fully saturated rings. The third kappa shape index (κ3) is 6.11. The summed E-state index contributed by atoms with van der Waals surface area (Å²) >= 11 is 0. The highest BCUT2D eigenvalue weighted by Crippen LogP contribution is 2.01. The second-order valence-electron chi connectivity index (χ2n) is 4.32. The van der Waals surface area contributed by atoms with E-state index < -0.39 is 6.10 Å². The van der Waals surface area contributed by atoms with Crippen LogP contribution in [0.3, 0.4) is 0 Å². The molecule has 0 aliphatic heterocycles. The quantitative estimate of drug-likeness (QED) is 0.671. The third-order valence-electron chi connectivity index (χ3n) is 2.33. The average Bonchev–Trinajstić information content (AvgIpc) is 2.73. The molecule has 2 N–H and O–H groups in total. The number of aryl methyl sites for hydroxylation is 1. The zero-order valence-electron chi connectivity index (χ0n) is 11.2. The molecular weight excluding hydrogens is 236 g/mol. The summed E-state index contributed by atoms with van der Waals surface area (Å²) in [5, 5.41) is 16.5. The van der Waals surface area contributed by atoms with Crippen LogP contribution in [0.15, 0.2) is 10.6 Å². The summed E-state index contributed by atoms with van der Waals surface area (Å²) in [5.41, 5.74) is 0.851. The van der Waals surface area contributed by atoms with E-state index in [0.717, 1.165) is 11.5 Å². The van der Waals surface area contributed by atoms with Crippen LogP contribution in [-0.4, -0.2) is 49.3 Å². The lowest BCUT2D eigenvalue weighted by Gasteiger charge is -2.15. The van der Waals surface area contributed by atoms with E-state index in [1.807, 2.05) is 19.9 Å². The summed E-state index contributed by atoms with van der Waals surface area (Å²) in [6.07, 6.45) is -0.560. The van der Waals surface area contributed by atoms with E-state index in [0.29, 0.717) is 19.7 Å². The van der Waals surface area contributed by atoms with Crippen LogP contribution in [0.2, 0.25) is 0 Å². The van der Waals surface area contributed by atoms with Gasteiger partial charge < -0.3 is 24.4 Å². The molecule has 1 heterocycles. The fourth-order valence-corrected chi connectivity index (χ4v) is 1.48. The summed E-state index contributed by atoms with van der Waals surface area (Å²) in [5.74, 6) is 0.758. The molecule has 2 atom stereocenters. The van der Waals surface area contributed by atoms with Gasteiger partial charge in [0.15, 0.2) is 5.76 Å². The minimum Gasteiger partial charge on any atom is -0.389 e. The van der Waals surface area contributed by atoms with Crippen LogP contribution in [-0.2, 0) is 16.0 Å². The molecule has 6 nitrogen and oxygen atoms in total. The maximum atomic E-state index is 9.67. The van der Waals surface area contributed by atoms with Crippen LogP contribution in [0.1, 0.15) is 18.4 Å². The minimum atomic E-state index is -0.548. The first-order chi connectivity index (χ1) is 8.61. The van der Waals surface area contributed by atoms with Crippen LogP contribution in [0, 0.1) is 6.92 Å². The Morgan fingerprint density at radius 2 is 2.28 bits per heavy atom. The number of nitrogens with zero attached hydrogens (tertiary/aromatic N) is 1. The Morgan fingerprint density at radius 3 is 2.89 bits per heavy atom. The lowest BCUT2D eigenvalue weighted by Crippen LogP contribution is -2.32. The molecule has 0 radical (unpaired) electrons. The maximum absolute atomic E-state index is 9.67. The van der Waals surface area contributed by atoms with Gasteiger partial charge in [-0.25, -0.2) is 0 Å². The molecule has 0 saturated heterocycles. The van der Waals surface area contributed by atoms with Gasteiger partial charge in [0.1, 0.15) is 0 Å². The Bertz CT molecular complexity index is 330. The van der Waals surface area contributed by atoms with Crippen molar-refractivity contribution in [3.05, 3.63) is 17.5 Å². The van der Waals surface area contributed by atoms with Gasteiger partial charge >= 0.3 is 0 Å². The minimum absolute atomic E-state index is 0.0124. The van der Waals surface area contributed by atoms with Gasteiger partial charge in [0, 0.05) is 19.7 Å². The van der Waals surface area contributed by atoms with Crippen molar-refractivity contribution in [2.45, 2.75) is 32.6 Å². The molecular formula is C12H22N2O4. The van der Waals surface area contributed by atoms with Gasteiger partial charge in [-0.1, -0.05) is 5.16 Å². The molecule has 0 aromatic carbocycles. The van der Waals surface area contributed by atoms with Crippen molar-refractivity contribution in [3.63, 3.8) is 0 Å². The number of ether oxygens (including phenoxy) is 2. The Balaban J connectivity index is 2.08. The highest BCUT2D eigenvalue weighted by atomic mass is 16.5. The van der Waals surface area contributed by atoms with E-state index in [1.54, 1.807) is 7.11 Å². The zero-order chi connectivity index (χ0) is 13.4. The lowest BCUT2D eigenvalue weighted by molar-refractivity contribution is -0.0312. The molecule has 0 bridgehead atoms. The molecule has 2 unspecified atom stereocenters. The monoisotopic (exact) mass is 258 g/mol. The normalized spacial score (nSPS) is 14.7. The Labute approximate surface area is 107 Å². The van der Waals surface area contributed by atoms with Crippen molar-refractivity contribution in [1.29, 1.82) is 0 Å². The highest BCUT2D eigenvalue weighted by Gasteiger charge is 2.08. The maximum Gasteiger partial charge on any atom is 0.150 e. The molecule has 104 valence electrons. The van der Waals surface area contributed by atoms with Gasteiger partial charge in [-0.3, -0.25) is 0 Å². The summed E-state index contributed by atoms with van der Waals surface area (Å²) in [4.78, 5) is 0. The largest absolute Gasteiger partial charge is 0.389 e. The SMILES string of the molecule is COCC(C)OCC(O)CNCc1cc(C)no1. The number of methoxy groups -OCH3 is 1. The van der Waals surface area contributed by atoms with Gasteiger partial charge in [0.25, 0.3) is 0 Å². The Hall–Kier alpha value is -0.950. The van der Waals surface area contributed by atoms with E-state index in [4.69, 9.17) is 14.0 Å². The van der Waals surface area contributed by atoms with E-state index >= 15 is 0 Å². The van der Waals surface area contributed by atoms with Crippen LogP contribution in [0.25, 0.3) is 0 Å². The Kier molecular flexibility index (Phi) is 6.89. The molecule has 18 heavy (non-hydrogen) atoms. The van der Waals surface area contributed by atoms with E-state index in [-0.39, 0.29) is 12.7 Å². The van der Waals surface area contributed by atoms with E-state index in [9.17, 15) is 5.11 Å². The summed E-state index contributed by atoms with van der Waals surface area (Å²) in [6, 6.07) is 1.86. The first kappa shape index (κ1) is 15.1. The van der Waals surface area contributed by atoms with Gasteiger partial charge in [0.05, 0.1) is 37.7 Å². The molecule has 0 aliphatic carbocycles. The first-order valence-corrected chi connectivity index (χ1v) is 6.03. The predicted molar refractivity (Wildman–Crippen MR) is 66.2 cm³/mol. The number of aliphatic hydroxyl groups excluding tert-OH is 1. The number of hydrogen-bond donors (Lipinski definition) is 2. The van der Waals surface area contributed by atoms with Crippen LogP contribution in [0.5, 0.6) is 0 Å². The van der Waals surface area contributed by atoms with Crippen molar-refractivity contribution < 1.29 is 19.1 Å². The highest BCUT2D eigenvalue weighted by molar-refractivity contribution is 5.02. The topological polar surface area (TPSA) is 76.8 Å². The molecule has 1 aromatic rings. The fourth-order valence-electron chi connectivity index (χ4n) is 1.48. The molecule has 1 rings (SSSR count). The zero-order valence-corrected chi connectivity index (χ0v) is 11.2. The van der Waals surface area contributed by atoms with Crippen LogP contribution >= 0.6 is 0 Å². The van der Waals surface area contributed by atoms with Crippen molar-refractivity contribution in [1.82, 2.24) is 10.5 Å². The van der Waals surface area contributed by atoms with E-state index in [2.05, 4.69) is 10.5 Å². The molecule has 0 amide bonds. The van der Waals surface area contributed by atoms with Crippen molar-refractivity contribution >= 4 is 0 Å². The molecule has 0 spiro atoms. The number of aliphatic hydroxyl groups is 1. The fraction of sp³-hybridized carbons (Fsp3) is 0.750. The van der Waals surface area contributed by atoms with Crippen molar-refractivity contribution in [3.8, 4) is 0 Å². The van der Waals surface area contributed by atoms with Crippen molar-refractivity contribution in [2.24, 2.45) is 0 Å². The molecule has 1 aromatic heterocycles. The number of nitrogens with one attached hydrogen (secondary N) is 1. The standard InChI is InChI=1S/C12H22N2O4/c1-9-4-12(18-14-9)6-13-5-11(15)8-17-10(2)7-16-3/h4,10-11,13,15H,5-8H2,1-3H3. The lowest BCUT2D eigenvalue weighted by atomic mass is 10.3. The molecule has 0 saturated carbocycles. The van der Waals surface area contributed by atoms with Gasteiger partial charge in [-0.15, -0.1) is 0 Å². The van der Waals surface area contributed by atoms with Crippen LogP contribution < -0.4 is 5.32 Å².